The Morgan fingerprint density at radius 3 is 2.24 bits per heavy atom. The third kappa shape index (κ3) is 8.16. The summed E-state index contributed by atoms with van der Waals surface area (Å²) in [7, 11) is 1.82. The molecule has 0 aromatic heterocycles. The Balaban J connectivity index is 3.44. The molecule has 0 aromatic rings. The van der Waals surface area contributed by atoms with E-state index in [9.17, 15) is 4.79 Å². The fourth-order valence-corrected chi connectivity index (χ4v) is 1.33. The molecule has 0 N–H and O–H groups in total. The molecule has 0 bridgehead atoms. The lowest BCUT2D eigenvalue weighted by Crippen LogP contribution is -2.34. The maximum absolute atomic E-state index is 11.7. The number of ether oxygens (including phenoxy) is 2. The van der Waals surface area contributed by atoms with Gasteiger partial charge in [0, 0.05) is 26.1 Å². The van der Waals surface area contributed by atoms with E-state index in [4.69, 9.17) is 9.47 Å². The molecule has 4 heteroatoms. The fraction of sp³-hybridized carbons (Fsp3) is 0.923. The van der Waals surface area contributed by atoms with Crippen LogP contribution in [0.4, 0.5) is 0 Å². The van der Waals surface area contributed by atoms with Gasteiger partial charge in [-0.05, 0) is 12.8 Å². The van der Waals surface area contributed by atoms with Crippen molar-refractivity contribution in [2.24, 2.45) is 5.92 Å². The summed E-state index contributed by atoms with van der Waals surface area (Å²) in [6, 6.07) is 0. The molecule has 0 radical (unpaired) electrons. The molecule has 17 heavy (non-hydrogen) atoms. The molecular formula is C13H27NO3. The van der Waals surface area contributed by atoms with Gasteiger partial charge in [-0.2, -0.15) is 0 Å². The molecular weight excluding hydrogens is 218 g/mol. The third-order valence-electron chi connectivity index (χ3n) is 2.70. The Kier molecular flexibility index (Phi) is 10.2. The summed E-state index contributed by atoms with van der Waals surface area (Å²) in [6.45, 7) is 9.32. The number of likely N-dealkylation sites (N-methyl/N-ethyl adjacent to an activating group) is 1. The number of carbonyl (C=O) groups excluding carboxylic acids is 1. The van der Waals surface area contributed by atoms with Crippen molar-refractivity contribution in [3.63, 3.8) is 0 Å². The summed E-state index contributed by atoms with van der Waals surface area (Å²) >= 11 is 0. The predicted molar refractivity (Wildman–Crippen MR) is 69.0 cm³/mol. The molecule has 0 saturated heterocycles. The Bertz CT molecular complexity index is 197. The van der Waals surface area contributed by atoms with Crippen LogP contribution in [-0.4, -0.2) is 50.8 Å². The van der Waals surface area contributed by atoms with Crippen molar-refractivity contribution in [1.82, 2.24) is 4.90 Å². The standard InChI is InChI=1S/C13H27NO3/c1-5-8-16-10-11-17-9-7-14(4)13(15)12(3)6-2/h12H,5-11H2,1-4H3. The van der Waals surface area contributed by atoms with Gasteiger partial charge in [0.1, 0.15) is 0 Å². The first-order chi connectivity index (χ1) is 8.13. The minimum Gasteiger partial charge on any atom is -0.379 e. The highest BCUT2D eigenvalue weighted by Crippen LogP contribution is 2.04. The molecule has 0 spiro atoms. The summed E-state index contributed by atoms with van der Waals surface area (Å²) in [5, 5.41) is 0. The first kappa shape index (κ1) is 16.4. The quantitative estimate of drug-likeness (QED) is 0.552. The highest BCUT2D eigenvalue weighted by molar-refractivity contribution is 5.78. The van der Waals surface area contributed by atoms with Gasteiger partial charge in [-0.25, -0.2) is 0 Å². The second-order valence-corrected chi connectivity index (χ2v) is 4.29. The van der Waals surface area contributed by atoms with E-state index in [0.29, 0.717) is 26.4 Å². The maximum atomic E-state index is 11.7. The fourth-order valence-electron chi connectivity index (χ4n) is 1.33. The molecule has 0 fully saturated rings. The van der Waals surface area contributed by atoms with Crippen LogP contribution in [0.1, 0.15) is 33.6 Å². The van der Waals surface area contributed by atoms with E-state index in [1.807, 2.05) is 20.9 Å². The first-order valence-corrected chi connectivity index (χ1v) is 6.53. The van der Waals surface area contributed by atoms with Gasteiger partial charge in [-0.3, -0.25) is 4.79 Å². The zero-order chi connectivity index (χ0) is 13.1. The first-order valence-electron chi connectivity index (χ1n) is 6.53. The van der Waals surface area contributed by atoms with Crippen LogP contribution in [0.15, 0.2) is 0 Å². The zero-order valence-corrected chi connectivity index (χ0v) is 11.7. The summed E-state index contributed by atoms with van der Waals surface area (Å²) in [6.07, 6.45) is 1.92. The van der Waals surface area contributed by atoms with Gasteiger partial charge in [0.05, 0.1) is 19.8 Å². The summed E-state index contributed by atoms with van der Waals surface area (Å²) in [5.41, 5.74) is 0. The lowest BCUT2D eigenvalue weighted by Gasteiger charge is -2.20. The van der Waals surface area contributed by atoms with Crippen molar-refractivity contribution in [3.05, 3.63) is 0 Å². The van der Waals surface area contributed by atoms with Crippen LogP contribution >= 0.6 is 0 Å². The van der Waals surface area contributed by atoms with E-state index in [1.165, 1.54) is 0 Å². The second kappa shape index (κ2) is 10.5. The Morgan fingerprint density at radius 1 is 1.12 bits per heavy atom. The zero-order valence-electron chi connectivity index (χ0n) is 11.7. The highest BCUT2D eigenvalue weighted by Gasteiger charge is 2.14. The number of hydrogen-bond donors (Lipinski definition) is 0. The molecule has 4 nitrogen and oxygen atoms in total. The highest BCUT2D eigenvalue weighted by atomic mass is 16.5. The van der Waals surface area contributed by atoms with Gasteiger partial charge >= 0.3 is 0 Å². The minimum absolute atomic E-state index is 0.105. The minimum atomic E-state index is 0.105. The number of hydrogen-bond acceptors (Lipinski definition) is 3. The lowest BCUT2D eigenvalue weighted by atomic mass is 10.1. The van der Waals surface area contributed by atoms with Crippen molar-refractivity contribution in [3.8, 4) is 0 Å². The topological polar surface area (TPSA) is 38.8 Å². The number of amides is 1. The number of carbonyl (C=O) groups is 1. The van der Waals surface area contributed by atoms with E-state index >= 15 is 0 Å². The van der Waals surface area contributed by atoms with Gasteiger partial charge in [0.2, 0.25) is 5.91 Å². The average molecular weight is 245 g/mol. The maximum Gasteiger partial charge on any atom is 0.225 e. The molecule has 0 aliphatic heterocycles. The normalized spacial score (nSPS) is 12.5. The van der Waals surface area contributed by atoms with E-state index in [1.54, 1.807) is 4.90 Å². The lowest BCUT2D eigenvalue weighted by molar-refractivity contribution is -0.134. The molecule has 1 unspecified atom stereocenters. The van der Waals surface area contributed by atoms with E-state index < -0.39 is 0 Å². The van der Waals surface area contributed by atoms with Gasteiger partial charge in [-0.1, -0.05) is 20.8 Å². The van der Waals surface area contributed by atoms with Crippen LogP contribution in [0.5, 0.6) is 0 Å². The van der Waals surface area contributed by atoms with Gasteiger partial charge in [0.15, 0.2) is 0 Å². The van der Waals surface area contributed by atoms with Crippen LogP contribution in [-0.2, 0) is 14.3 Å². The SMILES string of the molecule is CCCOCCOCCN(C)C(=O)C(C)CC. The molecule has 102 valence electrons. The van der Waals surface area contributed by atoms with E-state index in [2.05, 4.69) is 6.92 Å². The number of rotatable bonds is 10. The van der Waals surface area contributed by atoms with Crippen LogP contribution in [0.3, 0.4) is 0 Å². The molecule has 0 heterocycles. The van der Waals surface area contributed by atoms with Crippen molar-refractivity contribution in [1.29, 1.82) is 0 Å². The molecule has 0 saturated carbocycles. The van der Waals surface area contributed by atoms with Crippen LogP contribution in [0.25, 0.3) is 0 Å². The van der Waals surface area contributed by atoms with Gasteiger partial charge in [-0.15, -0.1) is 0 Å². The smallest absolute Gasteiger partial charge is 0.225 e. The molecule has 0 aromatic carbocycles. The van der Waals surface area contributed by atoms with Crippen LogP contribution in [0.2, 0.25) is 0 Å². The summed E-state index contributed by atoms with van der Waals surface area (Å²) in [5.74, 6) is 0.297. The second-order valence-electron chi connectivity index (χ2n) is 4.29. The van der Waals surface area contributed by atoms with Crippen molar-refractivity contribution >= 4 is 5.91 Å². The Hall–Kier alpha value is -0.610. The largest absolute Gasteiger partial charge is 0.379 e. The van der Waals surface area contributed by atoms with Crippen molar-refractivity contribution < 1.29 is 14.3 Å². The van der Waals surface area contributed by atoms with Crippen LogP contribution < -0.4 is 0 Å². The number of nitrogens with zero attached hydrogens (tertiary/aromatic N) is 1. The van der Waals surface area contributed by atoms with Crippen LogP contribution in [0, 0.1) is 5.92 Å². The molecule has 1 atom stereocenters. The Labute approximate surface area is 105 Å². The molecule has 0 aliphatic rings. The molecule has 0 rings (SSSR count). The van der Waals surface area contributed by atoms with Crippen molar-refractivity contribution in [2.45, 2.75) is 33.6 Å². The summed E-state index contributed by atoms with van der Waals surface area (Å²) in [4.78, 5) is 13.5. The Morgan fingerprint density at radius 2 is 1.71 bits per heavy atom. The van der Waals surface area contributed by atoms with Gasteiger partial charge in [0.25, 0.3) is 0 Å². The van der Waals surface area contributed by atoms with E-state index in [-0.39, 0.29) is 11.8 Å². The molecule has 1 amide bonds. The third-order valence-corrected chi connectivity index (χ3v) is 2.70. The van der Waals surface area contributed by atoms with Gasteiger partial charge < -0.3 is 14.4 Å². The predicted octanol–water partition coefficient (Wildman–Crippen LogP) is 1.93. The van der Waals surface area contributed by atoms with Crippen molar-refractivity contribution in [2.75, 3.05) is 40.0 Å². The monoisotopic (exact) mass is 245 g/mol. The van der Waals surface area contributed by atoms with E-state index in [0.717, 1.165) is 19.4 Å². The summed E-state index contributed by atoms with van der Waals surface area (Å²) < 4.78 is 10.7. The average Bonchev–Trinajstić information content (AvgIpc) is 2.35. The molecule has 0 aliphatic carbocycles.